The molecule has 1 rings (SSSR count). The zero-order valence-corrected chi connectivity index (χ0v) is 6.68. The minimum absolute atomic E-state index is 0.0391. The highest BCUT2D eigenvalue weighted by atomic mass is 16.5. The fourth-order valence-corrected chi connectivity index (χ4v) is 0.722. The lowest BCUT2D eigenvalue weighted by molar-refractivity contribution is 0.167. The van der Waals surface area contributed by atoms with Crippen molar-refractivity contribution in [2.75, 3.05) is 13.2 Å². The Morgan fingerprint density at radius 1 is 1.58 bits per heavy atom. The third-order valence-electron chi connectivity index (χ3n) is 1.25. The van der Waals surface area contributed by atoms with Gasteiger partial charge in [-0.3, -0.25) is 4.98 Å². The number of pyridine rings is 1. The zero-order chi connectivity index (χ0) is 8.65. The highest BCUT2D eigenvalue weighted by Gasteiger charge is 1.82. The third-order valence-corrected chi connectivity index (χ3v) is 1.25. The second-order valence-electron chi connectivity index (χ2n) is 2.18. The molecule has 0 atom stereocenters. The number of ether oxygens (including phenoxy) is 1. The number of rotatable bonds is 4. The first-order chi connectivity index (χ1) is 5.93. The Balaban J connectivity index is 2.36. The van der Waals surface area contributed by atoms with Gasteiger partial charge in [0.25, 0.3) is 0 Å². The predicted octanol–water partition coefficient (Wildman–Crippen LogP) is 1.06. The molecular formula is C9H11NO2. The molecule has 0 bridgehead atoms. The van der Waals surface area contributed by atoms with Gasteiger partial charge in [-0.1, -0.05) is 6.07 Å². The molecule has 3 nitrogen and oxygen atoms in total. The maximum atomic E-state index is 8.39. The molecule has 1 aromatic rings. The summed E-state index contributed by atoms with van der Waals surface area (Å²) in [7, 11) is 0. The second-order valence-corrected chi connectivity index (χ2v) is 2.18. The number of aliphatic hydroxyl groups is 1. The van der Waals surface area contributed by atoms with Gasteiger partial charge >= 0.3 is 0 Å². The number of aromatic nitrogens is 1. The smallest absolute Gasteiger partial charge is 0.110 e. The van der Waals surface area contributed by atoms with Crippen molar-refractivity contribution in [3.05, 3.63) is 36.4 Å². The fourth-order valence-electron chi connectivity index (χ4n) is 0.722. The van der Waals surface area contributed by atoms with Gasteiger partial charge in [0.2, 0.25) is 0 Å². The summed E-state index contributed by atoms with van der Waals surface area (Å²) in [5.74, 6) is 0. The van der Waals surface area contributed by atoms with Crippen LogP contribution in [-0.4, -0.2) is 23.3 Å². The van der Waals surface area contributed by atoms with E-state index in [0.717, 1.165) is 5.56 Å². The number of hydrogen-bond acceptors (Lipinski definition) is 3. The average Bonchev–Trinajstić information content (AvgIpc) is 2.14. The standard InChI is InChI=1S/C9H11NO2/c11-5-7-12-6-3-9-2-1-4-10-8-9/h1-4,6,8,11H,5,7H2/b6-3+. The van der Waals surface area contributed by atoms with E-state index in [2.05, 4.69) is 4.98 Å². The van der Waals surface area contributed by atoms with Gasteiger partial charge in [0.05, 0.1) is 12.9 Å². The van der Waals surface area contributed by atoms with E-state index in [0.29, 0.717) is 6.61 Å². The zero-order valence-electron chi connectivity index (χ0n) is 6.68. The maximum Gasteiger partial charge on any atom is 0.110 e. The van der Waals surface area contributed by atoms with Crippen molar-refractivity contribution in [2.24, 2.45) is 0 Å². The highest BCUT2D eigenvalue weighted by Crippen LogP contribution is 1.97. The van der Waals surface area contributed by atoms with Gasteiger partial charge in [-0.25, -0.2) is 0 Å². The number of nitrogens with zero attached hydrogens (tertiary/aromatic N) is 1. The SMILES string of the molecule is OCCO/C=C/c1cccnc1. The van der Waals surface area contributed by atoms with Crippen molar-refractivity contribution in [1.82, 2.24) is 4.98 Å². The molecule has 0 radical (unpaired) electrons. The normalized spacial score (nSPS) is 10.4. The average molecular weight is 165 g/mol. The van der Waals surface area contributed by atoms with E-state index >= 15 is 0 Å². The molecule has 0 saturated heterocycles. The van der Waals surface area contributed by atoms with Crippen LogP contribution in [0.15, 0.2) is 30.8 Å². The Kier molecular flexibility index (Phi) is 3.88. The van der Waals surface area contributed by atoms with E-state index in [1.54, 1.807) is 24.7 Å². The maximum absolute atomic E-state index is 8.39. The minimum atomic E-state index is 0.0391. The highest BCUT2D eigenvalue weighted by molar-refractivity contribution is 5.45. The molecule has 0 unspecified atom stereocenters. The van der Waals surface area contributed by atoms with E-state index in [9.17, 15) is 0 Å². The Morgan fingerprint density at radius 2 is 2.50 bits per heavy atom. The molecule has 0 spiro atoms. The van der Waals surface area contributed by atoms with E-state index in [1.807, 2.05) is 12.1 Å². The van der Waals surface area contributed by atoms with Crippen molar-refractivity contribution in [2.45, 2.75) is 0 Å². The largest absolute Gasteiger partial charge is 0.499 e. The topological polar surface area (TPSA) is 42.4 Å². The summed E-state index contributed by atoms with van der Waals surface area (Å²) in [5.41, 5.74) is 0.982. The van der Waals surface area contributed by atoms with Crippen LogP contribution in [0.2, 0.25) is 0 Å². The molecule has 0 aliphatic heterocycles. The lowest BCUT2D eigenvalue weighted by Crippen LogP contribution is -1.91. The van der Waals surface area contributed by atoms with Gasteiger partial charge in [-0.05, 0) is 17.7 Å². The molecule has 0 saturated carbocycles. The monoisotopic (exact) mass is 165 g/mol. The first-order valence-electron chi connectivity index (χ1n) is 3.72. The predicted molar refractivity (Wildman–Crippen MR) is 46.3 cm³/mol. The molecule has 64 valence electrons. The van der Waals surface area contributed by atoms with Crippen molar-refractivity contribution < 1.29 is 9.84 Å². The first-order valence-corrected chi connectivity index (χ1v) is 3.72. The van der Waals surface area contributed by atoms with E-state index in [4.69, 9.17) is 9.84 Å². The minimum Gasteiger partial charge on any atom is -0.499 e. The Bertz CT molecular complexity index is 234. The second kappa shape index (κ2) is 5.32. The van der Waals surface area contributed by atoms with E-state index in [-0.39, 0.29) is 6.61 Å². The van der Waals surface area contributed by atoms with Gasteiger partial charge in [0.15, 0.2) is 0 Å². The quantitative estimate of drug-likeness (QED) is 0.536. The summed E-state index contributed by atoms with van der Waals surface area (Å²) in [6, 6.07) is 3.78. The van der Waals surface area contributed by atoms with Gasteiger partial charge in [0.1, 0.15) is 6.61 Å². The molecular weight excluding hydrogens is 154 g/mol. The number of aliphatic hydroxyl groups excluding tert-OH is 1. The van der Waals surface area contributed by atoms with Crippen LogP contribution in [0.3, 0.4) is 0 Å². The van der Waals surface area contributed by atoms with Crippen LogP contribution in [0, 0.1) is 0 Å². The van der Waals surface area contributed by atoms with Gasteiger partial charge in [0, 0.05) is 12.4 Å². The summed E-state index contributed by atoms with van der Waals surface area (Å²) >= 11 is 0. The van der Waals surface area contributed by atoms with Crippen molar-refractivity contribution in [3.63, 3.8) is 0 Å². The van der Waals surface area contributed by atoms with Crippen molar-refractivity contribution in [1.29, 1.82) is 0 Å². The molecule has 0 fully saturated rings. The summed E-state index contributed by atoms with van der Waals surface area (Å²) in [5, 5.41) is 8.39. The molecule has 1 heterocycles. The molecule has 0 aromatic carbocycles. The molecule has 0 aliphatic carbocycles. The van der Waals surface area contributed by atoms with E-state index < -0.39 is 0 Å². The van der Waals surface area contributed by atoms with Crippen LogP contribution in [-0.2, 0) is 4.74 Å². The summed E-state index contributed by atoms with van der Waals surface area (Å²) in [4.78, 5) is 3.93. The lowest BCUT2D eigenvalue weighted by Gasteiger charge is -1.94. The number of hydrogen-bond donors (Lipinski definition) is 1. The molecule has 0 aliphatic rings. The van der Waals surface area contributed by atoms with Crippen molar-refractivity contribution >= 4 is 6.08 Å². The molecule has 1 aromatic heterocycles. The summed E-state index contributed by atoms with van der Waals surface area (Å²) in [6.45, 7) is 0.369. The van der Waals surface area contributed by atoms with Gasteiger partial charge < -0.3 is 9.84 Å². The Labute approximate surface area is 71.3 Å². The van der Waals surface area contributed by atoms with Crippen LogP contribution in [0.25, 0.3) is 6.08 Å². The molecule has 1 N–H and O–H groups in total. The Hall–Kier alpha value is -1.35. The molecule has 12 heavy (non-hydrogen) atoms. The van der Waals surface area contributed by atoms with Gasteiger partial charge in [-0.2, -0.15) is 0 Å². The molecule has 0 amide bonds. The van der Waals surface area contributed by atoms with Crippen LogP contribution in [0.1, 0.15) is 5.56 Å². The van der Waals surface area contributed by atoms with Crippen LogP contribution < -0.4 is 0 Å². The van der Waals surface area contributed by atoms with Crippen LogP contribution in [0.4, 0.5) is 0 Å². The summed E-state index contributed by atoms with van der Waals surface area (Å²) < 4.78 is 4.93. The third kappa shape index (κ3) is 3.16. The summed E-state index contributed by atoms with van der Waals surface area (Å²) in [6.07, 6.45) is 6.79. The molecule has 3 heteroatoms. The first kappa shape index (κ1) is 8.74. The van der Waals surface area contributed by atoms with E-state index in [1.165, 1.54) is 0 Å². The van der Waals surface area contributed by atoms with Gasteiger partial charge in [-0.15, -0.1) is 0 Å². The fraction of sp³-hybridized carbons (Fsp3) is 0.222. The Morgan fingerprint density at radius 3 is 3.17 bits per heavy atom. The van der Waals surface area contributed by atoms with Crippen LogP contribution in [0.5, 0.6) is 0 Å². The lowest BCUT2D eigenvalue weighted by atomic mass is 10.3. The van der Waals surface area contributed by atoms with Crippen molar-refractivity contribution in [3.8, 4) is 0 Å². The van der Waals surface area contributed by atoms with Crippen LogP contribution >= 0.6 is 0 Å².